The Bertz CT molecular complexity index is 1050. The number of hydrogen-bond acceptors (Lipinski definition) is 7. The number of aliphatic hydroxyl groups excluding tert-OH is 1. The number of nitrogens with zero attached hydrogens (tertiary/aromatic N) is 2. The highest BCUT2D eigenvalue weighted by atomic mass is 16.5. The molecule has 1 aliphatic rings. The van der Waals surface area contributed by atoms with Gasteiger partial charge in [-0.15, -0.1) is 0 Å². The number of aliphatic hydroxyl groups is 1. The molecule has 0 spiro atoms. The van der Waals surface area contributed by atoms with Crippen LogP contribution in [0.3, 0.4) is 0 Å². The van der Waals surface area contributed by atoms with Gasteiger partial charge in [-0.3, -0.25) is 9.59 Å². The van der Waals surface area contributed by atoms with Crippen LogP contribution in [0.1, 0.15) is 53.0 Å². The van der Waals surface area contributed by atoms with E-state index in [2.05, 4.69) is 9.88 Å². The van der Waals surface area contributed by atoms with E-state index in [0.29, 0.717) is 35.7 Å². The van der Waals surface area contributed by atoms with Gasteiger partial charge in [0.1, 0.15) is 23.3 Å². The second kappa shape index (κ2) is 9.44. The number of likely N-dealkylation sites (tertiary alicyclic amines) is 1. The zero-order chi connectivity index (χ0) is 23.6. The Morgan fingerprint density at radius 3 is 2.53 bits per heavy atom. The Balaban J connectivity index is 2.12. The van der Waals surface area contributed by atoms with Crippen molar-refractivity contribution >= 4 is 23.4 Å². The van der Waals surface area contributed by atoms with Crippen molar-refractivity contribution in [2.24, 2.45) is 0 Å². The van der Waals surface area contributed by atoms with E-state index in [4.69, 9.17) is 9.15 Å². The topological polar surface area (TPSA) is 116 Å². The number of H-pyrrole nitrogens is 1. The summed E-state index contributed by atoms with van der Waals surface area (Å²) in [4.78, 5) is 44.6. The van der Waals surface area contributed by atoms with Crippen molar-refractivity contribution in [2.45, 2.75) is 33.7 Å². The maximum atomic E-state index is 13.1. The van der Waals surface area contributed by atoms with Crippen LogP contribution in [0.5, 0.6) is 0 Å². The van der Waals surface area contributed by atoms with Gasteiger partial charge in [0.05, 0.1) is 18.9 Å². The van der Waals surface area contributed by atoms with Crippen LogP contribution >= 0.6 is 0 Å². The second-order valence-corrected chi connectivity index (χ2v) is 7.65. The van der Waals surface area contributed by atoms with Crippen LogP contribution in [0.4, 0.5) is 0 Å². The Morgan fingerprint density at radius 1 is 1.28 bits per heavy atom. The lowest BCUT2D eigenvalue weighted by Crippen LogP contribution is -2.37. The molecule has 2 N–H and O–H groups in total. The number of likely N-dealkylation sites (N-methyl/N-ethyl adjacent to an activating group) is 1. The van der Waals surface area contributed by atoms with E-state index in [9.17, 15) is 19.5 Å². The van der Waals surface area contributed by atoms with Gasteiger partial charge >= 0.3 is 5.97 Å². The van der Waals surface area contributed by atoms with E-state index in [0.717, 1.165) is 13.1 Å². The predicted molar refractivity (Wildman–Crippen MR) is 117 cm³/mol. The van der Waals surface area contributed by atoms with Crippen LogP contribution in [0.2, 0.25) is 0 Å². The predicted octanol–water partition coefficient (Wildman–Crippen LogP) is 2.77. The molecule has 0 aromatic carbocycles. The van der Waals surface area contributed by atoms with Gasteiger partial charge in [-0.2, -0.15) is 0 Å². The summed E-state index contributed by atoms with van der Waals surface area (Å²) in [7, 11) is 1.26. The molecule has 1 fully saturated rings. The third-order valence-corrected chi connectivity index (χ3v) is 5.97. The van der Waals surface area contributed by atoms with Gasteiger partial charge < -0.3 is 29.0 Å². The first-order valence-corrected chi connectivity index (χ1v) is 10.6. The summed E-state index contributed by atoms with van der Waals surface area (Å²) in [5.74, 6) is -2.05. The van der Waals surface area contributed by atoms with Gasteiger partial charge in [-0.25, -0.2) is 4.79 Å². The van der Waals surface area contributed by atoms with E-state index in [1.165, 1.54) is 18.3 Å². The first-order valence-electron chi connectivity index (χ1n) is 10.6. The Morgan fingerprint density at radius 2 is 1.97 bits per heavy atom. The summed E-state index contributed by atoms with van der Waals surface area (Å²) in [6, 6.07) is 2.48. The zero-order valence-corrected chi connectivity index (χ0v) is 19.0. The lowest BCUT2D eigenvalue weighted by atomic mass is 9.97. The largest absolute Gasteiger partial charge is 0.507 e. The molecular formula is C23H29N3O6. The number of ketones is 1. The maximum absolute atomic E-state index is 13.1. The molecule has 2 aromatic rings. The van der Waals surface area contributed by atoms with Crippen LogP contribution in [0, 0.1) is 13.8 Å². The minimum absolute atomic E-state index is 0.0638. The van der Waals surface area contributed by atoms with Crippen molar-refractivity contribution in [1.29, 1.82) is 0 Å². The SMILES string of the molecule is CCN(CC)CCN1C(=O)C(=O)C(=C(O)c2c(C)[nH]c(C(=O)OC)c2C)C1c1ccco1. The molecule has 0 saturated carbocycles. The quantitative estimate of drug-likeness (QED) is 0.279. The van der Waals surface area contributed by atoms with Crippen LogP contribution in [0.15, 0.2) is 28.4 Å². The number of methoxy groups -OCH3 is 1. The minimum Gasteiger partial charge on any atom is -0.507 e. The highest BCUT2D eigenvalue weighted by molar-refractivity contribution is 6.46. The molecule has 3 heterocycles. The molecule has 32 heavy (non-hydrogen) atoms. The summed E-state index contributed by atoms with van der Waals surface area (Å²) in [5, 5.41) is 11.3. The molecule has 0 radical (unpaired) electrons. The zero-order valence-electron chi connectivity index (χ0n) is 19.0. The molecule has 172 valence electrons. The van der Waals surface area contributed by atoms with E-state index in [-0.39, 0.29) is 17.0 Å². The number of amides is 1. The van der Waals surface area contributed by atoms with Crippen LogP contribution in [-0.2, 0) is 14.3 Å². The highest BCUT2D eigenvalue weighted by Gasteiger charge is 2.47. The van der Waals surface area contributed by atoms with E-state index >= 15 is 0 Å². The number of rotatable bonds is 8. The van der Waals surface area contributed by atoms with E-state index in [1.807, 2.05) is 13.8 Å². The molecule has 1 saturated heterocycles. The molecule has 2 aromatic heterocycles. The molecular weight excluding hydrogens is 414 g/mol. The first kappa shape index (κ1) is 23.3. The fraction of sp³-hybridized carbons (Fsp3) is 0.435. The van der Waals surface area contributed by atoms with Gasteiger partial charge in [0.2, 0.25) is 0 Å². The number of esters is 1. The Hall–Kier alpha value is -3.33. The van der Waals surface area contributed by atoms with Crippen molar-refractivity contribution in [3.63, 3.8) is 0 Å². The van der Waals surface area contributed by atoms with Gasteiger partial charge in [-0.05, 0) is 44.6 Å². The van der Waals surface area contributed by atoms with Crippen LogP contribution < -0.4 is 0 Å². The normalized spacial score (nSPS) is 18.1. The summed E-state index contributed by atoms with van der Waals surface area (Å²) in [6.07, 6.45) is 1.46. The second-order valence-electron chi connectivity index (χ2n) is 7.65. The summed E-state index contributed by atoms with van der Waals surface area (Å²) in [5.41, 5.74) is 1.32. The third kappa shape index (κ3) is 3.95. The lowest BCUT2D eigenvalue weighted by Gasteiger charge is -2.26. The number of aryl methyl sites for hydroxylation is 1. The third-order valence-electron chi connectivity index (χ3n) is 5.97. The molecule has 9 nitrogen and oxygen atoms in total. The van der Waals surface area contributed by atoms with Gasteiger partial charge in [0, 0.05) is 24.3 Å². The van der Waals surface area contributed by atoms with Gasteiger partial charge in [-0.1, -0.05) is 13.8 Å². The monoisotopic (exact) mass is 443 g/mol. The average molecular weight is 444 g/mol. The molecule has 1 unspecified atom stereocenters. The van der Waals surface area contributed by atoms with Crippen molar-refractivity contribution in [3.05, 3.63) is 52.2 Å². The number of aromatic amines is 1. The summed E-state index contributed by atoms with van der Waals surface area (Å²) >= 11 is 0. The number of carbonyl (C=O) groups excluding carboxylic acids is 3. The Kier molecular flexibility index (Phi) is 6.88. The number of hydrogen-bond donors (Lipinski definition) is 2. The van der Waals surface area contributed by atoms with Crippen molar-refractivity contribution < 1.29 is 28.6 Å². The van der Waals surface area contributed by atoms with Crippen molar-refractivity contribution in [2.75, 3.05) is 33.3 Å². The smallest absolute Gasteiger partial charge is 0.354 e. The molecule has 0 bridgehead atoms. The van der Waals surface area contributed by atoms with E-state index in [1.54, 1.807) is 26.0 Å². The number of nitrogens with one attached hydrogen (secondary N) is 1. The molecule has 0 aliphatic carbocycles. The number of furan rings is 1. The molecule has 3 rings (SSSR count). The fourth-order valence-corrected chi connectivity index (χ4v) is 4.19. The number of Topliss-reactive ketones (excluding diaryl/α,β-unsaturated/α-hetero) is 1. The fourth-order valence-electron chi connectivity index (χ4n) is 4.19. The summed E-state index contributed by atoms with van der Waals surface area (Å²) < 4.78 is 10.3. The lowest BCUT2D eigenvalue weighted by molar-refractivity contribution is -0.140. The maximum Gasteiger partial charge on any atom is 0.354 e. The van der Waals surface area contributed by atoms with Crippen LogP contribution in [0.25, 0.3) is 5.76 Å². The molecule has 1 amide bonds. The number of aromatic nitrogens is 1. The van der Waals surface area contributed by atoms with Gasteiger partial charge in [0.25, 0.3) is 11.7 Å². The van der Waals surface area contributed by atoms with Gasteiger partial charge in [0.15, 0.2) is 0 Å². The van der Waals surface area contributed by atoms with Crippen molar-refractivity contribution in [3.8, 4) is 0 Å². The molecule has 1 atom stereocenters. The standard InChI is InChI=1S/C23H29N3O6/c1-6-25(7-2)10-11-26-19(15-9-8-12-32-15)17(21(28)22(26)29)20(27)16-13(3)18(23(30)31-5)24-14(16)4/h8-9,12,19,24,27H,6-7,10-11H2,1-5H3. The number of ether oxygens (including phenoxy) is 1. The van der Waals surface area contributed by atoms with E-state index < -0.39 is 23.7 Å². The van der Waals surface area contributed by atoms with Crippen LogP contribution in [-0.4, -0.2) is 70.8 Å². The Labute approximate surface area is 186 Å². The molecule has 1 aliphatic heterocycles. The summed E-state index contributed by atoms with van der Waals surface area (Å²) in [6.45, 7) is 9.86. The van der Waals surface area contributed by atoms with Crippen molar-refractivity contribution in [1.82, 2.24) is 14.8 Å². The molecule has 9 heteroatoms. The number of carbonyl (C=O) groups is 3. The first-order chi connectivity index (χ1) is 15.3. The minimum atomic E-state index is -0.865. The average Bonchev–Trinajstić information content (AvgIpc) is 3.47. The highest BCUT2D eigenvalue weighted by Crippen LogP contribution is 2.40.